The van der Waals surface area contributed by atoms with E-state index in [0.29, 0.717) is 6.54 Å². The molecule has 0 bridgehead atoms. The second-order valence-corrected chi connectivity index (χ2v) is 2.53. The summed E-state index contributed by atoms with van der Waals surface area (Å²) in [4.78, 5) is 10.7. The molecular formula is C9H11N3O. The van der Waals surface area contributed by atoms with Gasteiger partial charge in [0.25, 0.3) is 5.91 Å². The third-order valence-corrected chi connectivity index (χ3v) is 1.59. The van der Waals surface area contributed by atoms with E-state index in [0.717, 1.165) is 12.1 Å². The molecule has 0 radical (unpaired) electrons. The van der Waals surface area contributed by atoms with Gasteiger partial charge in [0.15, 0.2) is 0 Å². The lowest BCUT2D eigenvalue weighted by atomic mass is 10.3. The standard InChI is InChI=1S/C9H11N3O/c1-3-9(13)10-5-8-6-11-12(4-2)7-8/h1,6-7H,4-5H2,2H3,(H,10,13). The number of carbonyl (C=O) groups is 1. The van der Waals surface area contributed by atoms with Gasteiger partial charge in [-0.25, -0.2) is 0 Å². The SMILES string of the molecule is C#CC(=O)NCc1cnn(CC)c1. The molecule has 1 aromatic heterocycles. The minimum atomic E-state index is -0.399. The maximum Gasteiger partial charge on any atom is 0.295 e. The molecule has 1 amide bonds. The smallest absolute Gasteiger partial charge is 0.295 e. The van der Waals surface area contributed by atoms with Gasteiger partial charge in [-0.3, -0.25) is 9.48 Å². The predicted molar refractivity (Wildman–Crippen MR) is 48.6 cm³/mol. The minimum Gasteiger partial charge on any atom is -0.341 e. The number of nitrogens with zero attached hydrogens (tertiary/aromatic N) is 2. The van der Waals surface area contributed by atoms with Crippen molar-refractivity contribution in [2.24, 2.45) is 0 Å². The summed E-state index contributed by atoms with van der Waals surface area (Å²) in [5.74, 6) is 1.58. The summed E-state index contributed by atoms with van der Waals surface area (Å²) in [5.41, 5.74) is 0.949. The first-order valence-corrected chi connectivity index (χ1v) is 4.02. The van der Waals surface area contributed by atoms with Gasteiger partial charge in [-0.05, 0) is 12.8 Å². The quantitative estimate of drug-likeness (QED) is 0.668. The van der Waals surface area contributed by atoms with Crippen molar-refractivity contribution in [3.05, 3.63) is 18.0 Å². The topological polar surface area (TPSA) is 46.9 Å². The summed E-state index contributed by atoms with van der Waals surface area (Å²) in [7, 11) is 0. The highest BCUT2D eigenvalue weighted by Gasteiger charge is 1.98. The van der Waals surface area contributed by atoms with Crippen LogP contribution >= 0.6 is 0 Å². The minimum absolute atomic E-state index is 0.399. The fourth-order valence-corrected chi connectivity index (χ4v) is 0.904. The molecular weight excluding hydrogens is 166 g/mol. The Balaban J connectivity index is 2.46. The maximum absolute atomic E-state index is 10.7. The first-order valence-electron chi connectivity index (χ1n) is 4.02. The van der Waals surface area contributed by atoms with Crippen molar-refractivity contribution in [3.8, 4) is 12.3 Å². The number of rotatable bonds is 3. The van der Waals surface area contributed by atoms with E-state index in [4.69, 9.17) is 6.42 Å². The number of terminal acetylenes is 1. The van der Waals surface area contributed by atoms with Crippen LogP contribution in [-0.2, 0) is 17.9 Å². The molecule has 1 aromatic rings. The third kappa shape index (κ3) is 2.64. The van der Waals surface area contributed by atoms with Gasteiger partial charge >= 0.3 is 0 Å². The fraction of sp³-hybridized carbons (Fsp3) is 0.333. The van der Waals surface area contributed by atoms with Gasteiger partial charge < -0.3 is 5.32 Å². The molecule has 0 saturated heterocycles. The molecule has 0 aliphatic carbocycles. The van der Waals surface area contributed by atoms with Crippen molar-refractivity contribution < 1.29 is 4.79 Å². The second-order valence-electron chi connectivity index (χ2n) is 2.53. The zero-order chi connectivity index (χ0) is 9.68. The van der Waals surface area contributed by atoms with Gasteiger partial charge in [0.2, 0.25) is 0 Å². The number of hydrogen-bond donors (Lipinski definition) is 1. The van der Waals surface area contributed by atoms with Crippen LogP contribution in [0.15, 0.2) is 12.4 Å². The van der Waals surface area contributed by atoms with Crippen LogP contribution in [0.3, 0.4) is 0 Å². The molecule has 1 heterocycles. The van der Waals surface area contributed by atoms with E-state index < -0.39 is 5.91 Å². The van der Waals surface area contributed by atoms with Gasteiger partial charge in [-0.15, -0.1) is 6.42 Å². The van der Waals surface area contributed by atoms with Gasteiger partial charge in [0.1, 0.15) is 0 Å². The molecule has 0 aliphatic rings. The van der Waals surface area contributed by atoms with E-state index >= 15 is 0 Å². The first-order chi connectivity index (χ1) is 6.26. The molecule has 0 aromatic carbocycles. The Bertz CT molecular complexity index is 335. The highest BCUT2D eigenvalue weighted by molar-refractivity contribution is 5.92. The average Bonchev–Trinajstić information content (AvgIpc) is 2.61. The molecule has 1 N–H and O–H groups in total. The van der Waals surface area contributed by atoms with Crippen molar-refractivity contribution >= 4 is 5.91 Å². The van der Waals surface area contributed by atoms with Gasteiger partial charge in [0.05, 0.1) is 6.20 Å². The zero-order valence-electron chi connectivity index (χ0n) is 7.45. The van der Waals surface area contributed by atoms with Crippen molar-refractivity contribution in [3.63, 3.8) is 0 Å². The fourth-order valence-electron chi connectivity index (χ4n) is 0.904. The van der Waals surface area contributed by atoms with Crippen LogP contribution in [0, 0.1) is 12.3 Å². The summed E-state index contributed by atoms with van der Waals surface area (Å²) >= 11 is 0. The lowest BCUT2D eigenvalue weighted by Crippen LogP contribution is -2.20. The summed E-state index contributed by atoms with van der Waals surface area (Å²) < 4.78 is 1.79. The molecule has 13 heavy (non-hydrogen) atoms. The summed E-state index contributed by atoms with van der Waals surface area (Å²) in [6, 6.07) is 0. The zero-order valence-corrected chi connectivity index (χ0v) is 7.45. The number of hydrogen-bond acceptors (Lipinski definition) is 2. The molecule has 0 unspecified atom stereocenters. The largest absolute Gasteiger partial charge is 0.341 e. The van der Waals surface area contributed by atoms with E-state index in [1.165, 1.54) is 0 Å². The van der Waals surface area contributed by atoms with Crippen molar-refractivity contribution in [2.45, 2.75) is 20.0 Å². The van der Waals surface area contributed by atoms with Crippen LogP contribution in [0.5, 0.6) is 0 Å². The summed E-state index contributed by atoms with van der Waals surface area (Å²) in [6.07, 6.45) is 8.47. The Morgan fingerprint density at radius 2 is 2.62 bits per heavy atom. The predicted octanol–water partition coefficient (Wildman–Crippen LogP) is 0.152. The number of carbonyl (C=O) groups excluding carboxylic acids is 1. The van der Waals surface area contributed by atoms with E-state index in [9.17, 15) is 4.79 Å². The Kier molecular flexibility index (Phi) is 3.09. The number of aromatic nitrogens is 2. The molecule has 1 rings (SSSR count). The second kappa shape index (κ2) is 4.31. The van der Waals surface area contributed by atoms with Crippen LogP contribution in [-0.4, -0.2) is 15.7 Å². The van der Waals surface area contributed by atoms with Crippen LogP contribution < -0.4 is 5.32 Å². The first kappa shape index (κ1) is 9.33. The lowest BCUT2D eigenvalue weighted by molar-refractivity contribution is -0.115. The molecule has 4 nitrogen and oxygen atoms in total. The van der Waals surface area contributed by atoms with Gasteiger partial charge in [0, 0.05) is 24.8 Å². The number of amides is 1. The molecule has 0 atom stereocenters. The van der Waals surface area contributed by atoms with Crippen LogP contribution in [0.4, 0.5) is 0 Å². The van der Waals surface area contributed by atoms with E-state index in [1.807, 2.05) is 19.0 Å². The molecule has 0 saturated carbocycles. The van der Waals surface area contributed by atoms with Gasteiger partial charge in [-0.2, -0.15) is 5.10 Å². The molecule has 0 aliphatic heterocycles. The van der Waals surface area contributed by atoms with E-state index in [2.05, 4.69) is 10.4 Å². The molecule has 0 fully saturated rings. The normalized spacial score (nSPS) is 9.23. The third-order valence-electron chi connectivity index (χ3n) is 1.59. The van der Waals surface area contributed by atoms with Crippen LogP contribution in [0.2, 0.25) is 0 Å². The molecule has 4 heteroatoms. The molecule has 68 valence electrons. The summed E-state index contributed by atoms with van der Waals surface area (Å²) in [5, 5.41) is 6.61. The van der Waals surface area contributed by atoms with Gasteiger partial charge in [-0.1, -0.05) is 0 Å². The van der Waals surface area contributed by atoms with Crippen LogP contribution in [0.25, 0.3) is 0 Å². The Morgan fingerprint density at radius 3 is 3.15 bits per heavy atom. The Hall–Kier alpha value is -1.76. The highest BCUT2D eigenvalue weighted by Crippen LogP contribution is 1.96. The van der Waals surface area contributed by atoms with Crippen LogP contribution in [0.1, 0.15) is 12.5 Å². The van der Waals surface area contributed by atoms with Crippen molar-refractivity contribution in [1.82, 2.24) is 15.1 Å². The average molecular weight is 177 g/mol. The van der Waals surface area contributed by atoms with Crippen molar-refractivity contribution in [1.29, 1.82) is 0 Å². The van der Waals surface area contributed by atoms with Crippen molar-refractivity contribution in [2.75, 3.05) is 0 Å². The maximum atomic E-state index is 10.7. The highest BCUT2D eigenvalue weighted by atomic mass is 16.1. The number of aryl methyl sites for hydroxylation is 1. The number of nitrogens with one attached hydrogen (secondary N) is 1. The Morgan fingerprint density at radius 1 is 1.85 bits per heavy atom. The monoisotopic (exact) mass is 177 g/mol. The molecule has 0 spiro atoms. The lowest BCUT2D eigenvalue weighted by Gasteiger charge is -1.96. The summed E-state index contributed by atoms with van der Waals surface area (Å²) in [6.45, 7) is 3.25. The van der Waals surface area contributed by atoms with E-state index in [1.54, 1.807) is 10.9 Å². The Labute approximate surface area is 76.9 Å². The van der Waals surface area contributed by atoms with E-state index in [-0.39, 0.29) is 0 Å².